The lowest BCUT2D eigenvalue weighted by atomic mass is 10.1. The van der Waals surface area contributed by atoms with E-state index >= 15 is 0 Å². The Balaban J connectivity index is 0.000000568. The monoisotopic (exact) mass is 391 g/mol. The molecule has 0 atom stereocenters. The van der Waals surface area contributed by atoms with E-state index in [4.69, 9.17) is 34.0 Å². The van der Waals surface area contributed by atoms with E-state index in [1.54, 1.807) is 21.3 Å². The molecule has 0 aliphatic carbocycles. The lowest BCUT2D eigenvalue weighted by Crippen LogP contribution is -2.09. The predicted molar refractivity (Wildman–Crippen MR) is 105 cm³/mol. The number of methoxy groups -OCH3 is 3. The van der Waals surface area contributed by atoms with Gasteiger partial charge < -0.3 is 29.7 Å². The van der Waals surface area contributed by atoms with Crippen LogP contribution in [0.2, 0.25) is 0 Å². The van der Waals surface area contributed by atoms with E-state index in [0.29, 0.717) is 18.0 Å². The van der Waals surface area contributed by atoms with Crippen LogP contribution in [0, 0.1) is 13.8 Å². The molecule has 8 nitrogen and oxygen atoms in total. The van der Waals surface area contributed by atoms with Crippen molar-refractivity contribution < 1.29 is 34.0 Å². The van der Waals surface area contributed by atoms with Crippen LogP contribution in [0.4, 0.5) is 5.69 Å². The van der Waals surface area contributed by atoms with Crippen LogP contribution < -0.4 is 19.5 Å². The van der Waals surface area contributed by atoms with Crippen molar-refractivity contribution in [3.05, 3.63) is 47.0 Å². The molecule has 0 bridgehead atoms. The van der Waals surface area contributed by atoms with Crippen molar-refractivity contribution in [2.24, 2.45) is 0 Å². The SMILES string of the molecule is COc1cc(OC)c(OC)cc1CNc1ccc(C)c(C)c1.O=C(O)C(=O)O. The molecule has 0 radical (unpaired) electrons. The van der Waals surface area contributed by atoms with Gasteiger partial charge in [-0.05, 0) is 43.2 Å². The average molecular weight is 391 g/mol. The molecule has 2 aromatic carbocycles. The fraction of sp³-hybridized carbons (Fsp3) is 0.300. The molecular formula is C20H25NO7. The Morgan fingerprint density at radius 3 is 1.82 bits per heavy atom. The van der Waals surface area contributed by atoms with Gasteiger partial charge in [-0.25, -0.2) is 9.59 Å². The number of hydrogen-bond acceptors (Lipinski definition) is 6. The number of hydrogen-bond donors (Lipinski definition) is 3. The molecule has 0 spiro atoms. The quantitative estimate of drug-likeness (QED) is 0.644. The van der Waals surface area contributed by atoms with E-state index in [-0.39, 0.29) is 0 Å². The molecule has 3 N–H and O–H groups in total. The maximum Gasteiger partial charge on any atom is 0.414 e. The zero-order chi connectivity index (χ0) is 21.3. The van der Waals surface area contributed by atoms with Gasteiger partial charge >= 0.3 is 11.9 Å². The Labute approximate surface area is 163 Å². The first kappa shape index (κ1) is 22.6. The number of carboxylic acid groups (broad SMARTS) is 2. The van der Waals surface area contributed by atoms with Crippen molar-refractivity contribution in [2.75, 3.05) is 26.6 Å². The third-order valence-electron chi connectivity index (χ3n) is 3.96. The highest BCUT2D eigenvalue weighted by atomic mass is 16.5. The minimum Gasteiger partial charge on any atom is -0.496 e. The van der Waals surface area contributed by atoms with Crippen LogP contribution in [0.5, 0.6) is 17.2 Å². The molecule has 0 aromatic heterocycles. The molecule has 0 fully saturated rings. The topological polar surface area (TPSA) is 114 Å². The maximum absolute atomic E-state index is 9.10. The van der Waals surface area contributed by atoms with Crippen LogP contribution in [0.1, 0.15) is 16.7 Å². The molecule has 28 heavy (non-hydrogen) atoms. The Morgan fingerprint density at radius 1 is 0.821 bits per heavy atom. The smallest absolute Gasteiger partial charge is 0.414 e. The minimum atomic E-state index is -1.82. The number of ether oxygens (including phenoxy) is 3. The lowest BCUT2D eigenvalue weighted by Gasteiger charge is -2.15. The fourth-order valence-electron chi connectivity index (χ4n) is 2.28. The van der Waals surface area contributed by atoms with Crippen molar-refractivity contribution in [1.29, 1.82) is 0 Å². The second kappa shape index (κ2) is 10.7. The van der Waals surface area contributed by atoms with Gasteiger partial charge in [0, 0.05) is 23.9 Å². The van der Waals surface area contributed by atoms with Gasteiger partial charge in [0.1, 0.15) is 5.75 Å². The second-order valence-electron chi connectivity index (χ2n) is 5.78. The van der Waals surface area contributed by atoms with Gasteiger partial charge in [-0.15, -0.1) is 0 Å². The highest BCUT2D eigenvalue weighted by Gasteiger charge is 2.11. The molecule has 8 heteroatoms. The molecule has 0 amide bonds. The third kappa shape index (κ3) is 6.39. The molecule has 0 saturated carbocycles. The first-order chi connectivity index (χ1) is 13.2. The van der Waals surface area contributed by atoms with Crippen molar-refractivity contribution in [2.45, 2.75) is 20.4 Å². The van der Waals surface area contributed by atoms with Crippen molar-refractivity contribution >= 4 is 17.6 Å². The van der Waals surface area contributed by atoms with Gasteiger partial charge in [0.15, 0.2) is 11.5 Å². The largest absolute Gasteiger partial charge is 0.496 e. The molecule has 0 saturated heterocycles. The summed E-state index contributed by atoms with van der Waals surface area (Å²) in [7, 11) is 4.90. The fourth-order valence-corrected chi connectivity index (χ4v) is 2.28. The number of benzene rings is 2. The van der Waals surface area contributed by atoms with Gasteiger partial charge in [0.2, 0.25) is 0 Å². The number of nitrogens with one attached hydrogen (secondary N) is 1. The highest BCUT2D eigenvalue weighted by Crippen LogP contribution is 2.35. The standard InChI is InChI=1S/C18H23NO3.C2H2O4/c1-12-6-7-15(8-13(12)2)19-11-14-9-17(21-4)18(22-5)10-16(14)20-3;3-1(4)2(5)6/h6-10,19H,11H2,1-5H3;(H,3,4)(H,5,6). The number of aryl methyl sites for hydroxylation is 2. The summed E-state index contributed by atoms with van der Waals surface area (Å²) in [4.78, 5) is 18.2. The van der Waals surface area contributed by atoms with Crippen LogP contribution in [0.3, 0.4) is 0 Å². The average Bonchev–Trinajstić information content (AvgIpc) is 2.68. The van der Waals surface area contributed by atoms with E-state index in [1.807, 2.05) is 12.1 Å². The Morgan fingerprint density at radius 2 is 1.36 bits per heavy atom. The maximum atomic E-state index is 9.10. The molecular weight excluding hydrogens is 366 g/mol. The van der Waals surface area contributed by atoms with E-state index in [0.717, 1.165) is 17.0 Å². The van der Waals surface area contributed by atoms with Crippen LogP contribution in [-0.4, -0.2) is 43.5 Å². The van der Waals surface area contributed by atoms with Gasteiger partial charge in [-0.1, -0.05) is 6.07 Å². The van der Waals surface area contributed by atoms with Gasteiger partial charge in [-0.3, -0.25) is 0 Å². The van der Waals surface area contributed by atoms with E-state index in [2.05, 4.69) is 37.4 Å². The first-order valence-electron chi connectivity index (χ1n) is 8.29. The van der Waals surface area contributed by atoms with Crippen LogP contribution in [0.15, 0.2) is 30.3 Å². The van der Waals surface area contributed by atoms with Gasteiger partial charge in [-0.2, -0.15) is 0 Å². The van der Waals surface area contributed by atoms with E-state index in [1.165, 1.54) is 11.1 Å². The summed E-state index contributed by atoms with van der Waals surface area (Å²) >= 11 is 0. The molecule has 2 aromatic rings. The minimum absolute atomic E-state index is 0.645. The van der Waals surface area contributed by atoms with Crippen molar-refractivity contribution in [3.63, 3.8) is 0 Å². The van der Waals surface area contributed by atoms with Gasteiger partial charge in [0.05, 0.1) is 21.3 Å². The van der Waals surface area contributed by atoms with E-state index in [9.17, 15) is 0 Å². The zero-order valence-electron chi connectivity index (χ0n) is 16.5. The highest BCUT2D eigenvalue weighted by molar-refractivity contribution is 6.27. The number of anilines is 1. The summed E-state index contributed by atoms with van der Waals surface area (Å²) in [6.07, 6.45) is 0. The lowest BCUT2D eigenvalue weighted by molar-refractivity contribution is -0.159. The summed E-state index contributed by atoms with van der Waals surface area (Å²) in [5, 5.41) is 18.2. The molecule has 152 valence electrons. The molecule has 0 aliphatic heterocycles. The Bertz CT molecular complexity index is 822. The normalized spacial score (nSPS) is 9.61. The summed E-state index contributed by atoms with van der Waals surface area (Å²) in [6, 6.07) is 10.1. The number of rotatable bonds is 6. The number of aliphatic carboxylic acids is 2. The van der Waals surface area contributed by atoms with Crippen LogP contribution in [-0.2, 0) is 16.1 Å². The number of carboxylic acids is 2. The zero-order valence-corrected chi connectivity index (χ0v) is 16.5. The number of carbonyl (C=O) groups is 2. The molecule has 0 aliphatic rings. The summed E-state index contributed by atoms with van der Waals surface area (Å²) in [5.41, 5.74) is 4.65. The van der Waals surface area contributed by atoms with Crippen LogP contribution in [0.25, 0.3) is 0 Å². The first-order valence-corrected chi connectivity index (χ1v) is 8.29. The Kier molecular flexibility index (Phi) is 8.61. The Hall–Kier alpha value is -3.42. The summed E-state index contributed by atoms with van der Waals surface area (Å²) in [6.45, 7) is 4.86. The summed E-state index contributed by atoms with van der Waals surface area (Å²) in [5.74, 6) is -1.52. The van der Waals surface area contributed by atoms with Gasteiger partial charge in [0.25, 0.3) is 0 Å². The third-order valence-corrected chi connectivity index (χ3v) is 3.96. The second-order valence-corrected chi connectivity index (χ2v) is 5.78. The summed E-state index contributed by atoms with van der Waals surface area (Å²) < 4.78 is 16.1. The molecule has 0 unspecified atom stereocenters. The molecule has 2 rings (SSSR count). The van der Waals surface area contributed by atoms with Crippen molar-refractivity contribution in [1.82, 2.24) is 0 Å². The predicted octanol–water partition coefficient (Wildman–Crippen LogP) is 3.10. The van der Waals surface area contributed by atoms with Crippen molar-refractivity contribution in [3.8, 4) is 17.2 Å². The van der Waals surface area contributed by atoms with Crippen LogP contribution >= 0.6 is 0 Å². The molecule has 0 heterocycles. The van der Waals surface area contributed by atoms with E-state index < -0.39 is 11.9 Å².